The van der Waals surface area contributed by atoms with Crippen LogP contribution in [-0.4, -0.2) is 36.1 Å². The first-order valence-corrected chi connectivity index (χ1v) is 17.8. The third-order valence-corrected chi connectivity index (χ3v) is 10.7. The number of hydrogen-bond acceptors (Lipinski definition) is 6. The summed E-state index contributed by atoms with van der Waals surface area (Å²) in [7, 11) is 1.96. The number of benzene rings is 3. The Bertz CT molecular complexity index is 2240. The van der Waals surface area contributed by atoms with Crippen molar-refractivity contribution in [2.45, 2.75) is 58.9 Å². The van der Waals surface area contributed by atoms with Crippen LogP contribution in [0.4, 0.5) is 0 Å². The van der Waals surface area contributed by atoms with Crippen molar-refractivity contribution in [3.8, 4) is 22.6 Å². The molecule has 0 spiro atoms. The van der Waals surface area contributed by atoms with Crippen LogP contribution in [0.15, 0.2) is 78.0 Å². The number of carbonyl (C=O) groups is 1. The maximum absolute atomic E-state index is 12.9. The summed E-state index contributed by atoms with van der Waals surface area (Å²) in [6.07, 6.45) is 4.65. The van der Waals surface area contributed by atoms with Crippen LogP contribution in [0.25, 0.3) is 22.0 Å². The molecule has 50 heavy (non-hydrogen) atoms. The second-order valence-electron chi connectivity index (χ2n) is 12.5. The second-order valence-corrected chi connectivity index (χ2v) is 14.0. The van der Waals surface area contributed by atoms with Crippen molar-refractivity contribution in [2.24, 2.45) is 12.8 Å². The Morgan fingerprint density at radius 3 is 2.40 bits per heavy atom. The molecule has 0 aliphatic rings. The number of halogens is 1. The first kappa shape index (κ1) is 34.9. The molecule has 0 aliphatic heterocycles. The number of nitrogens with zero attached hydrogens (tertiary/aromatic N) is 4. The van der Waals surface area contributed by atoms with Gasteiger partial charge in [-0.25, -0.2) is 4.21 Å². The number of hydrogen-bond donors (Lipinski definition) is 1. The van der Waals surface area contributed by atoms with E-state index in [-0.39, 0.29) is 11.3 Å². The molecule has 3 heterocycles. The number of fused-ring (bicyclic) bond motifs is 1. The molecule has 6 rings (SSSR count). The Morgan fingerprint density at radius 1 is 0.980 bits per heavy atom. The average Bonchev–Trinajstić information content (AvgIpc) is 3.51. The number of amides is 1. The maximum atomic E-state index is 12.9. The number of pyridine rings is 1. The van der Waals surface area contributed by atoms with Crippen LogP contribution < -0.4 is 14.7 Å². The summed E-state index contributed by atoms with van der Waals surface area (Å²) in [5, 5.41) is 6.64. The highest BCUT2D eigenvalue weighted by Crippen LogP contribution is 2.38. The molecule has 1 unspecified atom stereocenters. The Hall–Kier alpha value is -4.93. The lowest BCUT2D eigenvalue weighted by molar-refractivity contribution is 0.0998. The first-order valence-electron chi connectivity index (χ1n) is 16.4. The van der Waals surface area contributed by atoms with Gasteiger partial charge in [-0.05, 0) is 106 Å². The lowest BCUT2D eigenvalue weighted by Crippen LogP contribution is -2.15. The zero-order valence-electron chi connectivity index (χ0n) is 29.0. The summed E-state index contributed by atoms with van der Waals surface area (Å²) < 4.78 is 29.0. The molecule has 3 aromatic carbocycles. The van der Waals surface area contributed by atoms with E-state index in [0.29, 0.717) is 18.0 Å². The van der Waals surface area contributed by atoms with E-state index < -0.39 is 17.0 Å². The van der Waals surface area contributed by atoms with Gasteiger partial charge >= 0.3 is 0 Å². The molecular weight excluding hydrogens is 670 g/mol. The highest BCUT2D eigenvalue weighted by Gasteiger charge is 2.22. The molecule has 1 atom stereocenters. The first-order chi connectivity index (χ1) is 23.9. The van der Waals surface area contributed by atoms with Crippen molar-refractivity contribution in [3.63, 3.8) is 0 Å². The van der Waals surface area contributed by atoms with E-state index in [4.69, 9.17) is 31.4 Å². The summed E-state index contributed by atoms with van der Waals surface area (Å²) in [5.74, 6) is 0.287. The van der Waals surface area contributed by atoms with Crippen LogP contribution in [0, 0.1) is 34.6 Å². The van der Waals surface area contributed by atoms with Gasteiger partial charge in [-0.3, -0.25) is 14.5 Å². The number of ether oxygens (including phenoxy) is 1. The van der Waals surface area contributed by atoms with E-state index in [0.717, 1.165) is 79.4 Å². The van der Waals surface area contributed by atoms with Crippen molar-refractivity contribution < 1.29 is 17.9 Å². The van der Waals surface area contributed by atoms with Crippen LogP contribution in [-0.2, 0) is 31.1 Å². The Morgan fingerprint density at radius 2 is 1.74 bits per heavy atom. The van der Waals surface area contributed by atoms with Gasteiger partial charge < -0.3 is 19.2 Å². The van der Waals surface area contributed by atoms with Crippen LogP contribution in [0.5, 0.6) is 11.5 Å². The van der Waals surface area contributed by atoms with Gasteiger partial charge in [-0.2, -0.15) is 5.10 Å². The van der Waals surface area contributed by atoms with Crippen molar-refractivity contribution in [1.29, 1.82) is 0 Å². The van der Waals surface area contributed by atoms with Crippen LogP contribution in [0.3, 0.4) is 0 Å². The number of para-hydroxylation sites is 1. The van der Waals surface area contributed by atoms with Gasteiger partial charge in [0.2, 0.25) is 11.1 Å². The van der Waals surface area contributed by atoms with Crippen LogP contribution in [0.1, 0.15) is 56.1 Å². The molecule has 0 saturated carbocycles. The largest absolute Gasteiger partial charge is 0.494 e. The van der Waals surface area contributed by atoms with Crippen LogP contribution >= 0.6 is 11.6 Å². The summed E-state index contributed by atoms with van der Waals surface area (Å²) in [6, 6.07) is 18.9. The van der Waals surface area contributed by atoms with E-state index in [1.807, 2.05) is 50.7 Å². The predicted molar refractivity (Wildman–Crippen MR) is 198 cm³/mol. The van der Waals surface area contributed by atoms with E-state index >= 15 is 0 Å². The fourth-order valence-electron chi connectivity index (χ4n) is 6.61. The van der Waals surface area contributed by atoms with Crippen molar-refractivity contribution in [2.75, 3.05) is 6.61 Å². The molecule has 9 nitrogen and oxygen atoms in total. The quantitative estimate of drug-likeness (QED) is 0.129. The normalized spacial score (nSPS) is 12.0. The number of rotatable bonds is 12. The number of aromatic nitrogens is 4. The highest BCUT2D eigenvalue weighted by molar-refractivity contribution is 7.80. The maximum Gasteiger partial charge on any atom is 0.252 e. The summed E-state index contributed by atoms with van der Waals surface area (Å²) in [4.78, 5) is 17.0. The zero-order chi connectivity index (χ0) is 35.7. The molecule has 0 fully saturated rings. The lowest BCUT2D eigenvalue weighted by Gasteiger charge is -2.15. The highest BCUT2D eigenvalue weighted by atomic mass is 35.5. The number of carbonyl (C=O) groups excluding carboxylic acids is 1. The summed E-state index contributed by atoms with van der Waals surface area (Å²) in [5.41, 5.74) is 16.4. The van der Waals surface area contributed by atoms with E-state index in [1.165, 1.54) is 11.8 Å². The van der Waals surface area contributed by atoms with Gasteiger partial charge in [-0.1, -0.05) is 35.9 Å². The van der Waals surface area contributed by atoms with Gasteiger partial charge in [0.15, 0.2) is 5.75 Å². The summed E-state index contributed by atoms with van der Waals surface area (Å²) in [6.45, 7) is 11.2. The molecule has 11 heteroatoms. The fourth-order valence-corrected chi connectivity index (χ4v) is 7.46. The number of nitrogens with two attached hydrogens (primary N) is 1. The lowest BCUT2D eigenvalue weighted by atomic mass is 9.98. The minimum atomic E-state index is -1.87. The van der Waals surface area contributed by atoms with Gasteiger partial charge in [0.05, 0.1) is 28.3 Å². The van der Waals surface area contributed by atoms with E-state index in [2.05, 4.69) is 41.6 Å². The van der Waals surface area contributed by atoms with Gasteiger partial charge in [-0.15, -0.1) is 0 Å². The molecule has 0 aliphatic carbocycles. The molecule has 0 saturated heterocycles. The standard InChI is InChI=1S/C39H40ClN5O4S/c1-23-18-29(19-24(2)37(23)40)48-17-9-13-31-26(4)45(38-32(31)11-7-12-33(38)36-25(3)43-44(6)27(36)5)22-28-14-15-35(34(20-28)39(41)46)49-50(47)30-10-8-16-42-21-30/h7-8,10-12,14-16,18-21H,9,13,17,22H2,1-6H3,(H2,41,46). The third-order valence-electron chi connectivity index (χ3n) is 9.14. The van der Waals surface area contributed by atoms with Crippen molar-refractivity contribution in [1.82, 2.24) is 19.3 Å². The Labute approximate surface area is 299 Å². The second kappa shape index (κ2) is 14.5. The molecule has 2 N–H and O–H groups in total. The molecule has 0 radical (unpaired) electrons. The van der Waals surface area contributed by atoms with Gasteiger partial charge in [0.1, 0.15) is 5.75 Å². The number of primary amides is 1. The third kappa shape index (κ3) is 6.90. The van der Waals surface area contributed by atoms with Crippen molar-refractivity contribution in [3.05, 3.63) is 123 Å². The monoisotopic (exact) mass is 709 g/mol. The molecular formula is C39H40ClN5O4S. The zero-order valence-corrected chi connectivity index (χ0v) is 30.6. The predicted octanol–water partition coefficient (Wildman–Crippen LogP) is 7.89. The SMILES string of the molecule is Cc1cc(OCCCc2c(C)n(Cc3ccc(OS(=O)c4cccnc4)c(C(N)=O)c3)c3c(-c4c(C)nn(C)c4C)cccc23)cc(C)c1Cl. The fraction of sp³-hybridized carbons (Fsp3) is 0.256. The number of aryl methyl sites for hydroxylation is 5. The topological polar surface area (TPSA) is 114 Å². The van der Waals surface area contributed by atoms with Gasteiger partial charge in [0, 0.05) is 58.9 Å². The Balaban J connectivity index is 1.37. The van der Waals surface area contributed by atoms with Crippen molar-refractivity contribution >= 4 is 39.5 Å². The minimum absolute atomic E-state index is 0.145. The molecule has 258 valence electrons. The smallest absolute Gasteiger partial charge is 0.252 e. The van der Waals surface area contributed by atoms with Gasteiger partial charge in [0.25, 0.3) is 5.91 Å². The molecule has 1 amide bonds. The average molecular weight is 710 g/mol. The van der Waals surface area contributed by atoms with E-state index in [9.17, 15) is 9.00 Å². The van der Waals surface area contributed by atoms with Crippen LogP contribution in [0.2, 0.25) is 5.02 Å². The summed E-state index contributed by atoms with van der Waals surface area (Å²) >= 11 is 4.50. The molecule has 0 bridgehead atoms. The molecule has 3 aromatic heterocycles. The minimum Gasteiger partial charge on any atom is -0.494 e. The van der Waals surface area contributed by atoms with E-state index in [1.54, 1.807) is 30.5 Å². The molecule has 6 aromatic rings. The Kier molecular flexibility index (Phi) is 10.1.